The van der Waals surface area contributed by atoms with E-state index in [-0.39, 0.29) is 0 Å². The van der Waals surface area contributed by atoms with Crippen molar-refractivity contribution in [2.75, 3.05) is 32.1 Å². The zero-order chi connectivity index (χ0) is 12.5. The Morgan fingerprint density at radius 1 is 1.06 bits per heavy atom. The van der Waals surface area contributed by atoms with Crippen LogP contribution in [-0.2, 0) is 4.79 Å². The molecule has 0 unspecified atom stereocenters. The van der Waals surface area contributed by atoms with Gasteiger partial charge in [0.15, 0.2) is 0 Å². The molecule has 1 heterocycles. The fourth-order valence-electron chi connectivity index (χ4n) is 1.75. The molecule has 1 aromatic carbocycles. The standard InChI is InChI=1S/C8H11N.C6H11NO/c1-9(2)8-6-4-3-5-7-8;8-6-7-4-2-1-3-5-7/h3-7H,1-2H3;6H,1-5H2. The van der Waals surface area contributed by atoms with Crippen LogP contribution >= 0.6 is 0 Å². The minimum absolute atomic E-state index is 0.944. The third-order valence-electron chi connectivity index (χ3n) is 2.81. The van der Waals surface area contributed by atoms with E-state index >= 15 is 0 Å². The van der Waals surface area contributed by atoms with Gasteiger partial charge in [-0.1, -0.05) is 18.2 Å². The number of para-hydroxylation sites is 1. The van der Waals surface area contributed by atoms with Gasteiger partial charge in [-0.25, -0.2) is 0 Å². The van der Waals surface area contributed by atoms with Crippen molar-refractivity contribution in [2.45, 2.75) is 19.3 Å². The Morgan fingerprint density at radius 2 is 1.65 bits per heavy atom. The highest BCUT2D eigenvalue weighted by molar-refractivity contribution is 5.46. The Balaban J connectivity index is 0.000000171. The molecule has 0 N–H and O–H groups in total. The average Bonchev–Trinajstić information content (AvgIpc) is 2.41. The lowest BCUT2D eigenvalue weighted by molar-refractivity contribution is -0.118. The third-order valence-corrected chi connectivity index (χ3v) is 2.81. The maximum Gasteiger partial charge on any atom is 0.209 e. The largest absolute Gasteiger partial charge is 0.378 e. The van der Waals surface area contributed by atoms with Gasteiger partial charge in [-0.15, -0.1) is 0 Å². The Kier molecular flexibility index (Phi) is 6.15. The van der Waals surface area contributed by atoms with E-state index in [1.165, 1.54) is 24.9 Å². The van der Waals surface area contributed by atoms with E-state index in [1.54, 1.807) is 0 Å². The van der Waals surface area contributed by atoms with Gasteiger partial charge < -0.3 is 9.80 Å². The molecule has 2 rings (SSSR count). The van der Waals surface area contributed by atoms with E-state index in [1.807, 2.05) is 37.2 Å². The molecule has 3 heteroatoms. The van der Waals surface area contributed by atoms with Crippen molar-refractivity contribution in [3.8, 4) is 0 Å². The maximum atomic E-state index is 10.1. The van der Waals surface area contributed by atoms with Crippen molar-refractivity contribution in [1.82, 2.24) is 4.90 Å². The number of benzene rings is 1. The molecule has 17 heavy (non-hydrogen) atoms. The van der Waals surface area contributed by atoms with Crippen LogP contribution in [0.25, 0.3) is 0 Å². The highest BCUT2D eigenvalue weighted by Gasteiger charge is 2.05. The fraction of sp³-hybridized carbons (Fsp3) is 0.500. The molecule has 0 atom stereocenters. The number of hydrogen-bond donors (Lipinski definition) is 0. The van der Waals surface area contributed by atoms with Crippen molar-refractivity contribution >= 4 is 12.1 Å². The summed E-state index contributed by atoms with van der Waals surface area (Å²) in [4.78, 5) is 14.0. The van der Waals surface area contributed by atoms with E-state index in [2.05, 4.69) is 17.0 Å². The van der Waals surface area contributed by atoms with Crippen molar-refractivity contribution < 1.29 is 4.79 Å². The molecule has 0 aromatic heterocycles. The Labute approximate surface area is 104 Å². The van der Waals surface area contributed by atoms with Crippen molar-refractivity contribution in [3.05, 3.63) is 30.3 Å². The first-order valence-electron chi connectivity index (χ1n) is 6.16. The van der Waals surface area contributed by atoms with Crippen molar-refractivity contribution in [3.63, 3.8) is 0 Å². The van der Waals surface area contributed by atoms with Crippen LogP contribution in [0, 0.1) is 0 Å². The molecule has 94 valence electrons. The van der Waals surface area contributed by atoms with Gasteiger partial charge in [0.1, 0.15) is 0 Å². The number of hydrogen-bond acceptors (Lipinski definition) is 2. The summed E-state index contributed by atoms with van der Waals surface area (Å²) < 4.78 is 0. The SMILES string of the molecule is CN(C)c1ccccc1.O=CN1CCCCC1. The van der Waals surface area contributed by atoms with Gasteiger partial charge in [0.25, 0.3) is 0 Å². The van der Waals surface area contributed by atoms with E-state index in [0.29, 0.717) is 0 Å². The summed E-state index contributed by atoms with van der Waals surface area (Å²) in [7, 11) is 4.07. The van der Waals surface area contributed by atoms with Crippen LogP contribution in [0.4, 0.5) is 5.69 Å². The summed E-state index contributed by atoms with van der Waals surface area (Å²) in [5.41, 5.74) is 1.25. The molecule has 0 saturated carbocycles. The first kappa shape index (κ1) is 13.6. The van der Waals surface area contributed by atoms with Gasteiger partial charge in [-0.2, -0.15) is 0 Å². The second-order valence-corrected chi connectivity index (χ2v) is 4.43. The molecule has 0 radical (unpaired) electrons. The number of carbonyl (C=O) groups is 1. The predicted molar refractivity (Wildman–Crippen MR) is 72.3 cm³/mol. The molecular weight excluding hydrogens is 212 g/mol. The van der Waals surface area contributed by atoms with Gasteiger partial charge in [-0.05, 0) is 31.4 Å². The number of anilines is 1. The van der Waals surface area contributed by atoms with E-state index < -0.39 is 0 Å². The molecule has 1 aliphatic heterocycles. The summed E-state index contributed by atoms with van der Waals surface area (Å²) in [6.07, 6.45) is 4.63. The Morgan fingerprint density at radius 3 is 2.00 bits per heavy atom. The molecule has 1 aliphatic rings. The number of amides is 1. The number of carbonyl (C=O) groups excluding carboxylic acids is 1. The molecule has 1 saturated heterocycles. The van der Waals surface area contributed by atoms with Crippen molar-refractivity contribution in [2.24, 2.45) is 0 Å². The highest BCUT2D eigenvalue weighted by Crippen LogP contribution is 2.07. The van der Waals surface area contributed by atoms with Crippen LogP contribution in [0.5, 0.6) is 0 Å². The number of nitrogens with zero attached hydrogens (tertiary/aromatic N) is 2. The highest BCUT2D eigenvalue weighted by atomic mass is 16.1. The summed E-state index contributed by atoms with van der Waals surface area (Å²) in [5, 5.41) is 0. The summed E-state index contributed by atoms with van der Waals surface area (Å²) in [6.45, 7) is 1.95. The lowest BCUT2D eigenvalue weighted by Crippen LogP contribution is -2.27. The lowest BCUT2D eigenvalue weighted by atomic mass is 10.1. The third kappa shape index (κ3) is 5.38. The Hall–Kier alpha value is -1.51. The summed E-state index contributed by atoms with van der Waals surface area (Å²) in [5.74, 6) is 0. The monoisotopic (exact) mass is 234 g/mol. The number of likely N-dealkylation sites (tertiary alicyclic amines) is 1. The van der Waals surface area contributed by atoms with Gasteiger partial charge in [0.2, 0.25) is 6.41 Å². The van der Waals surface area contributed by atoms with Crippen LogP contribution in [0.2, 0.25) is 0 Å². The van der Waals surface area contributed by atoms with Crippen molar-refractivity contribution in [1.29, 1.82) is 0 Å². The Bertz CT molecular complexity index is 305. The smallest absolute Gasteiger partial charge is 0.209 e. The maximum absolute atomic E-state index is 10.1. The predicted octanol–water partition coefficient (Wildman–Crippen LogP) is 2.38. The molecule has 1 amide bonds. The van der Waals surface area contributed by atoms with Gasteiger partial charge in [0, 0.05) is 32.9 Å². The van der Waals surface area contributed by atoms with Crippen LogP contribution in [-0.4, -0.2) is 38.5 Å². The van der Waals surface area contributed by atoms with Crippen LogP contribution < -0.4 is 4.90 Å². The molecule has 0 aliphatic carbocycles. The summed E-state index contributed by atoms with van der Waals surface area (Å²) >= 11 is 0. The van der Waals surface area contributed by atoms with Crippen LogP contribution in [0.15, 0.2) is 30.3 Å². The second-order valence-electron chi connectivity index (χ2n) is 4.43. The topological polar surface area (TPSA) is 23.6 Å². The number of rotatable bonds is 2. The van der Waals surface area contributed by atoms with Gasteiger partial charge in [-0.3, -0.25) is 4.79 Å². The average molecular weight is 234 g/mol. The quantitative estimate of drug-likeness (QED) is 0.734. The molecule has 0 spiro atoms. The first-order chi connectivity index (χ1) is 8.24. The minimum Gasteiger partial charge on any atom is -0.378 e. The van der Waals surface area contributed by atoms with E-state index in [4.69, 9.17) is 0 Å². The van der Waals surface area contributed by atoms with Gasteiger partial charge in [0.05, 0.1) is 0 Å². The lowest BCUT2D eigenvalue weighted by Gasteiger charge is -2.21. The van der Waals surface area contributed by atoms with Gasteiger partial charge >= 0.3 is 0 Å². The van der Waals surface area contributed by atoms with Crippen LogP contribution in [0.1, 0.15) is 19.3 Å². The first-order valence-corrected chi connectivity index (χ1v) is 6.16. The van der Waals surface area contributed by atoms with Crippen LogP contribution in [0.3, 0.4) is 0 Å². The fourth-order valence-corrected chi connectivity index (χ4v) is 1.75. The minimum atomic E-state index is 0.944. The number of piperidine rings is 1. The van der Waals surface area contributed by atoms with E-state index in [9.17, 15) is 4.79 Å². The molecular formula is C14H22N2O. The molecule has 3 nitrogen and oxygen atoms in total. The summed E-state index contributed by atoms with van der Waals surface area (Å²) in [6, 6.07) is 10.3. The zero-order valence-electron chi connectivity index (χ0n) is 10.8. The zero-order valence-corrected chi connectivity index (χ0v) is 10.8. The van der Waals surface area contributed by atoms with E-state index in [0.717, 1.165) is 19.5 Å². The molecule has 1 aromatic rings. The molecule has 1 fully saturated rings. The second kappa shape index (κ2) is 7.71. The normalized spacial score (nSPS) is 14.6. The molecule has 0 bridgehead atoms.